The highest BCUT2D eigenvalue weighted by Crippen LogP contribution is 2.54. The van der Waals surface area contributed by atoms with E-state index in [1.807, 2.05) is 0 Å². The van der Waals surface area contributed by atoms with Crippen LogP contribution in [0.3, 0.4) is 0 Å². The summed E-state index contributed by atoms with van der Waals surface area (Å²) in [5.74, 6) is 0. The lowest BCUT2D eigenvalue weighted by Gasteiger charge is -2.50. The van der Waals surface area contributed by atoms with E-state index < -0.39 is 0 Å². The van der Waals surface area contributed by atoms with Crippen molar-refractivity contribution in [2.24, 2.45) is 0 Å². The molecule has 0 saturated carbocycles. The number of allylic oxidation sites excluding steroid dienone is 1. The number of rotatable bonds is 4. The van der Waals surface area contributed by atoms with Gasteiger partial charge in [-0.15, -0.1) is 0 Å². The average molecular weight is 768 g/mol. The fourth-order valence-corrected chi connectivity index (χ4v) is 12.4. The van der Waals surface area contributed by atoms with Gasteiger partial charge in [0.1, 0.15) is 6.17 Å². The third kappa shape index (κ3) is 5.41. The highest BCUT2D eigenvalue weighted by atomic mass is 15.3. The molecule has 6 aromatic rings. The third-order valence-electron chi connectivity index (χ3n) is 14.5. The Bertz CT molecular complexity index is 2750. The topological polar surface area (TPSA) is 18.5 Å². The minimum atomic E-state index is -0.0872. The predicted molar refractivity (Wildman–Crippen MR) is 250 cm³/mol. The van der Waals surface area contributed by atoms with Gasteiger partial charge in [0.25, 0.3) is 0 Å². The van der Waals surface area contributed by atoms with Gasteiger partial charge in [0.15, 0.2) is 0 Å². The molecule has 1 atom stereocenters. The van der Waals surface area contributed by atoms with Crippen LogP contribution in [0.2, 0.25) is 0 Å². The van der Waals surface area contributed by atoms with Gasteiger partial charge >= 0.3 is 0 Å². The van der Waals surface area contributed by atoms with Crippen LogP contribution >= 0.6 is 0 Å². The molecule has 3 heterocycles. The van der Waals surface area contributed by atoms with Gasteiger partial charge < -0.3 is 15.1 Å². The van der Waals surface area contributed by atoms with Crippen molar-refractivity contribution in [2.75, 3.05) is 9.80 Å². The first-order chi connectivity index (χ1) is 28.2. The number of hydrogen-bond donors (Lipinski definition) is 1. The Kier molecular flexibility index (Phi) is 7.64. The van der Waals surface area contributed by atoms with E-state index in [4.69, 9.17) is 0 Å². The van der Waals surface area contributed by atoms with Crippen molar-refractivity contribution in [3.8, 4) is 22.3 Å². The summed E-state index contributed by atoms with van der Waals surface area (Å²) >= 11 is 0. The first-order valence-corrected chi connectivity index (χ1v) is 21.7. The van der Waals surface area contributed by atoms with Crippen molar-refractivity contribution in [3.05, 3.63) is 179 Å². The molecular weight excluding hydrogens is 713 g/mol. The smallest absolute Gasteiger partial charge is 0.249 e. The Balaban J connectivity index is 1.19. The number of fused-ring (bicyclic) bond motifs is 6. The summed E-state index contributed by atoms with van der Waals surface area (Å²) in [5.41, 5.74) is 21.7. The Labute approximate surface area is 351 Å². The summed E-state index contributed by atoms with van der Waals surface area (Å²) in [4.78, 5) is 5.20. The molecule has 0 saturated heterocycles. The molecule has 1 N–H and O–H groups in total. The molecule has 0 fully saturated rings. The summed E-state index contributed by atoms with van der Waals surface area (Å²) < 4.78 is 0. The molecule has 0 bridgehead atoms. The van der Waals surface area contributed by atoms with Crippen LogP contribution in [-0.2, 0) is 21.7 Å². The van der Waals surface area contributed by atoms with Gasteiger partial charge in [0.2, 0.25) is 6.71 Å². The second-order valence-electron chi connectivity index (χ2n) is 20.5. The van der Waals surface area contributed by atoms with Gasteiger partial charge in [-0.3, -0.25) is 0 Å². The molecule has 59 heavy (non-hydrogen) atoms. The quantitative estimate of drug-likeness (QED) is 0.180. The van der Waals surface area contributed by atoms with Crippen LogP contribution < -0.4 is 26.0 Å². The second-order valence-corrected chi connectivity index (χ2v) is 20.5. The average Bonchev–Trinajstić information content (AvgIpc) is 3.54. The normalized spacial score (nSPS) is 20.7. The van der Waals surface area contributed by atoms with Crippen LogP contribution in [0.1, 0.15) is 90.5 Å². The van der Waals surface area contributed by atoms with Crippen LogP contribution in [-0.4, -0.2) is 12.9 Å². The molecule has 11 rings (SSSR count). The first-order valence-electron chi connectivity index (χ1n) is 21.7. The number of anilines is 4. The Morgan fingerprint density at radius 2 is 1.02 bits per heavy atom. The van der Waals surface area contributed by atoms with Crippen molar-refractivity contribution in [3.63, 3.8) is 0 Å². The minimum Gasteiger partial charge on any atom is -0.368 e. The van der Waals surface area contributed by atoms with Crippen LogP contribution in [0.15, 0.2) is 157 Å². The summed E-state index contributed by atoms with van der Waals surface area (Å²) in [6.07, 6.45) is 6.75. The predicted octanol–water partition coefficient (Wildman–Crippen LogP) is 12.1. The zero-order valence-corrected chi connectivity index (χ0v) is 35.8. The molecule has 1 unspecified atom stereocenters. The van der Waals surface area contributed by atoms with Crippen LogP contribution in [0.4, 0.5) is 22.7 Å². The zero-order valence-electron chi connectivity index (χ0n) is 35.8. The highest BCUT2D eigenvalue weighted by Gasteiger charge is 2.51. The lowest BCUT2D eigenvalue weighted by Crippen LogP contribution is -2.64. The van der Waals surface area contributed by atoms with Gasteiger partial charge in [0.05, 0.1) is 0 Å². The van der Waals surface area contributed by atoms with Crippen LogP contribution in [0, 0.1) is 0 Å². The fourth-order valence-electron chi connectivity index (χ4n) is 12.4. The van der Waals surface area contributed by atoms with E-state index in [0.29, 0.717) is 0 Å². The summed E-state index contributed by atoms with van der Waals surface area (Å²) in [6, 6.07) is 50.7. The molecule has 2 aliphatic carbocycles. The maximum absolute atomic E-state index is 3.94. The lowest BCUT2D eigenvalue weighted by atomic mass is 9.32. The Morgan fingerprint density at radius 3 is 1.68 bits per heavy atom. The largest absolute Gasteiger partial charge is 0.368 e. The molecule has 0 radical (unpaired) electrons. The molecule has 3 aliphatic heterocycles. The Hall–Kier alpha value is -5.74. The zero-order chi connectivity index (χ0) is 40.6. The maximum Gasteiger partial charge on any atom is 0.249 e. The fraction of sp³-hybridized carbons (Fsp3) is 0.273. The SMILES string of the molecule is CC1(C)CC(C)(C)c2cc(N3C4=C5B(c6cc7c(cc63)C(C)(C)CC7(C)C)c3cc(-c6ccccc6)ccc3N(c3ccc(-c6ccccc6)cc3)C5NC=C4)ccc21. The Morgan fingerprint density at radius 1 is 0.492 bits per heavy atom. The van der Waals surface area contributed by atoms with E-state index in [9.17, 15) is 0 Å². The van der Waals surface area contributed by atoms with Gasteiger partial charge in [-0.2, -0.15) is 0 Å². The number of nitrogens with zero attached hydrogens (tertiary/aromatic N) is 2. The lowest BCUT2D eigenvalue weighted by molar-refractivity contribution is 0.403. The van der Waals surface area contributed by atoms with Gasteiger partial charge in [-0.05, 0) is 138 Å². The molecule has 6 aromatic carbocycles. The third-order valence-corrected chi connectivity index (χ3v) is 14.5. The molecule has 5 aliphatic rings. The first kappa shape index (κ1) is 36.4. The standard InChI is InChI=1S/C55H54BN3/c1-52(2)33-53(3,4)42-30-40(24-25-41(42)52)58-48-27-28-57-51-50(48)56(46-31-43-44(32-49(46)58)55(7,8)34-54(43,5)6)45-29-38(36-17-13-10-14-18-36)21-26-47(45)59(51)39-22-19-37(20-23-39)35-15-11-9-12-16-35/h9-32,51,57H,33-34H2,1-8H3. The van der Waals surface area contributed by atoms with Gasteiger partial charge in [-0.1, -0.05) is 152 Å². The van der Waals surface area contributed by atoms with E-state index in [-0.39, 0.29) is 34.5 Å². The van der Waals surface area contributed by atoms with Crippen molar-refractivity contribution >= 4 is 40.4 Å². The second kappa shape index (κ2) is 12.4. The van der Waals surface area contributed by atoms with Gasteiger partial charge in [-0.25, -0.2) is 0 Å². The van der Waals surface area contributed by atoms with Crippen molar-refractivity contribution < 1.29 is 0 Å². The molecule has 292 valence electrons. The monoisotopic (exact) mass is 767 g/mol. The number of hydrogen-bond acceptors (Lipinski definition) is 3. The molecule has 0 aromatic heterocycles. The van der Waals surface area contributed by atoms with E-state index in [1.165, 1.54) is 89.4 Å². The minimum absolute atomic E-state index is 0.0619. The number of benzene rings is 6. The van der Waals surface area contributed by atoms with Crippen molar-refractivity contribution in [1.82, 2.24) is 5.32 Å². The summed E-state index contributed by atoms with van der Waals surface area (Å²) in [5, 5.41) is 3.94. The van der Waals surface area contributed by atoms with Crippen LogP contribution in [0.5, 0.6) is 0 Å². The van der Waals surface area contributed by atoms with E-state index in [1.54, 1.807) is 0 Å². The molecule has 3 nitrogen and oxygen atoms in total. The van der Waals surface area contributed by atoms with E-state index in [2.05, 4.69) is 216 Å². The van der Waals surface area contributed by atoms with E-state index in [0.717, 1.165) is 12.8 Å². The van der Waals surface area contributed by atoms with E-state index >= 15 is 0 Å². The number of dihydropyridines is 1. The molecular formula is C55H54BN3. The molecule has 4 heteroatoms. The maximum atomic E-state index is 3.94. The van der Waals surface area contributed by atoms with Gasteiger partial charge in [0, 0.05) is 34.6 Å². The number of nitrogens with one attached hydrogen (secondary N) is 1. The van der Waals surface area contributed by atoms with Crippen molar-refractivity contribution in [2.45, 2.75) is 96.1 Å². The summed E-state index contributed by atoms with van der Waals surface area (Å²) in [7, 11) is 0. The van der Waals surface area contributed by atoms with Crippen molar-refractivity contribution in [1.29, 1.82) is 0 Å². The summed E-state index contributed by atoms with van der Waals surface area (Å²) in [6.45, 7) is 19.6. The molecule has 0 amide bonds. The highest BCUT2D eigenvalue weighted by molar-refractivity contribution is 6.94. The van der Waals surface area contributed by atoms with Crippen LogP contribution in [0.25, 0.3) is 22.3 Å². The molecule has 0 spiro atoms.